The van der Waals surface area contributed by atoms with Crippen LogP contribution in [-0.2, 0) is 14.3 Å². The lowest BCUT2D eigenvalue weighted by molar-refractivity contribution is -0.148. The first-order valence-corrected chi connectivity index (χ1v) is 8.33. The van der Waals surface area contributed by atoms with Crippen LogP contribution in [-0.4, -0.2) is 47.0 Å². The molecule has 0 saturated carbocycles. The zero-order valence-electron chi connectivity index (χ0n) is 15.5. The van der Waals surface area contributed by atoms with Crippen molar-refractivity contribution in [3.8, 4) is 0 Å². The maximum Gasteiger partial charge on any atom is 0.306 e. The number of esters is 1. The van der Waals surface area contributed by atoms with Crippen molar-refractivity contribution < 1.29 is 14.3 Å². The molecule has 1 unspecified atom stereocenters. The fraction of sp³-hybridized carbons (Fsp3) is 0.882. The third-order valence-corrected chi connectivity index (χ3v) is 3.28. The summed E-state index contributed by atoms with van der Waals surface area (Å²) in [6.45, 7) is 15.8. The van der Waals surface area contributed by atoms with Crippen molar-refractivity contribution in [2.45, 2.75) is 98.5 Å². The van der Waals surface area contributed by atoms with E-state index in [-0.39, 0.29) is 48.6 Å². The molecule has 130 valence electrons. The number of carbonyl (C=O) groups excluding carboxylic acids is 2. The van der Waals surface area contributed by atoms with E-state index < -0.39 is 0 Å². The van der Waals surface area contributed by atoms with Gasteiger partial charge in [0.05, 0.1) is 12.1 Å². The van der Waals surface area contributed by atoms with Gasteiger partial charge in [0.2, 0.25) is 5.91 Å². The molecule has 1 amide bonds. The molecule has 5 nitrogen and oxygen atoms in total. The first-order chi connectivity index (χ1) is 10.1. The molecule has 0 aliphatic rings. The molecule has 0 radical (unpaired) electrons. The van der Waals surface area contributed by atoms with Crippen LogP contribution in [0.3, 0.4) is 0 Å². The zero-order valence-corrected chi connectivity index (χ0v) is 15.5. The van der Waals surface area contributed by atoms with Gasteiger partial charge in [-0.3, -0.25) is 14.5 Å². The lowest BCUT2D eigenvalue weighted by atomic mass is 10.0. The van der Waals surface area contributed by atoms with Crippen LogP contribution in [0, 0.1) is 0 Å². The number of hydrogen-bond acceptors (Lipinski definition) is 4. The van der Waals surface area contributed by atoms with Crippen molar-refractivity contribution >= 4 is 11.9 Å². The van der Waals surface area contributed by atoms with Gasteiger partial charge in [0.1, 0.15) is 0 Å². The smallest absolute Gasteiger partial charge is 0.306 e. The van der Waals surface area contributed by atoms with Crippen LogP contribution in [0.2, 0.25) is 0 Å². The van der Waals surface area contributed by atoms with Gasteiger partial charge in [-0.15, -0.1) is 0 Å². The highest BCUT2D eigenvalue weighted by atomic mass is 16.5. The highest BCUT2D eigenvalue weighted by Crippen LogP contribution is 2.16. The molecule has 0 aliphatic carbocycles. The van der Waals surface area contributed by atoms with Crippen LogP contribution in [0.5, 0.6) is 0 Å². The molecule has 1 atom stereocenters. The molecule has 0 aromatic carbocycles. The average Bonchev–Trinajstić information content (AvgIpc) is 2.30. The van der Waals surface area contributed by atoms with Gasteiger partial charge in [-0.25, -0.2) is 0 Å². The summed E-state index contributed by atoms with van der Waals surface area (Å²) in [5, 5.41) is 2.96. The zero-order chi connectivity index (χ0) is 17.4. The van der Waals surface area contributed by atoms with E-state index in [0.29, 0.717) is 6.42 Å². The Balaban J connectivity index is 5.00. The minimum absolute atomic E-state index is 0.0188. The minimum atomic E-state index is -0.317. The summed E-state index contributed by atoms with van der Waals surface area (Å²) in [6, 6.07) is 0.217. The van der Waals surface area contributed by atoms with Gasteiger partial charge >= 0.3 is 5.97 Å². The van der Waals surface area contributed by atoms with Crippen LogP contribution in [0.15, 0.2) is 0 Å². The van der Waals surface area contributed by atoms with E-state index >= 15 is 0 Å². The number of rotatable bonds is 9. The molecule has 0 fully saturated rings. The van der Waals surface area contributed by atoms with Crippen molar-refractivity contribution in [3.63, 3.8) is 0 Å². The molecule has 0 bridgehead atoms. The number of ether oxygens (including phenoxy) is 1. The van der Waals surface area contributed by atoms with Crippen LogP contribution < -0.4 is 5.32 Å². The SMILES string of the molecule is CC(C)NC(=O)C(CCC(=O)OC(C)C)N(C(C)C)C(C)C. The largest absolute Gasteiger partial charge is 0.463 e. The van der Waals surface area contributed by atoms with Gasteiger partial charge in [-0.2, -0.15) is 0 Å². The van der Waals surface area contributed by atoms with Crippen LogP contribution in [0.25, 0.3) is 0 Å². The first-order valence-electron chi connectivity index (χ1n) is 8.33. The lowest BCUT2D eigenvalue weighted by Crippen LogP contribution is -2.53. The summed E-state index contributed by atoms with van der Waals surface area (Å²) in [4.78, 5) is 26.5. The Hall–Kier alpha value is -1.10. The second-order valence-corrected chi connectivity index (χ2v) is 6.89. The van der Waals surface area contributed by atoms with Gasteiger partial charge < -0.3 is 10.1 Å². The molecule has 0 aromatic rings. The predicted molar refractivity (Wildman–Crippen MR) is 89.6 cm³/mol. The normalized spacial score (nSPS) is 13.3. The standard InChI is InChI=1S/C17H34N2O3/c1-11(2)18-17(21)15(19(12(3)4)13(5)6)9-10-16(20)22-14(7)8/h11-15H,9-10H2,1-8H3,(H,18,21). The Bertz CT molecular complexity index is 344. The number of nitrogens with one attached hydrogen (secondary N) is 1. The summed E-state index contributed by atoms with van der Waals surface area (Å²) in [7, 11) is 0. The summed E-state index contributed by atoms with van der Waals surface area (Å²) in [6.07, 6.45) is 0.604. The molecule has 22 heavy (non-hydrogen) atoms. The van der Waals surface area contributed by atoms with Crippen molar-refractivity contribution in [3.05, 3.63) is 0 Å². The Kier molecular flexibility index (Phi) is 9.33. The highest BCUT2D eigenvalue weighted by molar-refractivity contribution is 5.82. The van der Waals surface area contributed by atoms with E-state index in [1.807, 2.05) is 27.7 Å². The Labute approximate surface area is 135 Å². The van der Waals surface area contributed by atoms with Crippen LogP contribution >= 0.6 is 0 Å². The summed E-state index contributed by atoms with van der Waals surface area (Å²) in [5.74, 6) is -0.264. The minimum Gasteiger partial charge on any atom is -0.463 e. The van der Waals surface area contributed by atoms with Gasteiger partial charge in [0.25, 0.3) is 0 Å². The van der Waals surface area contributed by atoms with Crippen molar-refractivity contribution in [2.75, 3.05) is 0 Å². The average molecular weight is 314 g/mol. The number of hydrogen-bond donors (Lipinski definition) is 1. The topological polar surface area (TPSA) is 58.6 Å². The van der Waals surface area contributed by atoms with E-state index in [0.717, 1.165) is 0 Å². The monoisotopic (exact) mass is 314 g/mol. The van der Waals surface area contributed by atoms with Gasteiger partial charge in [-0.05, 0) is 61.8 Å². The van der Waals surface area contributed by atoms with E-state index in [1.54, 1.807) is 0 Å². The molecular formula is C17H34N2O3. The fourth-order valence-corrected chi connectivity index (χ4v) is 2.69. The Morgan fingerprint density at radius 3 is 1.82 bits per heavy atom. The maximum absolute atomic E-state index is 12.5. The van der Waals surface area contributed by atoms with E-state index in [1.165, 1.54) is 0 Å². The summed E-state index contributed by atoms with van der Waals surface area (Å²) in [5.41, 5.74) is 0. The van der Waals surface area contributed by atoms with E-state index in [2.05, 4.69) is 37.9 Å². The molecule has 0 saturated heterocycles. The molecular weight excluding hydrogens is 280 g/mol. The van der Waals surface area contributed by atoms with Crippen molar-refractivity contribution in [2.24, 2.45) is 0 Å². The van der Waals surface area contributed by atoms with Crippen LogP contribution in [0.1, 0.15) is 68.2 Å². The van der Waals surface area contributed by atoms with Crippen LogP contribution in [0.4, 0.5) is 0 Å². The highest BCUT2D eigenvalue weighted by Gasteiger charge is 2.30. The molecule has 0 spiro atoms. The molecule has 1 N–H and O–H groups in total. The quantitative estimate of drug-likeness (QED) is 0.665. The fourth-order valence-electron chi connectivity index (χ4n) is 2.69. The first kappa shape index (κ1) is 20.9. The third-order valence-electron chi connectivity index (χ3n) is 3.28. The Morgan fingerprint density at radius 2 is 1.45 bits per heavy atom. The molecule has 0 aliphatic heterocycles. The molecule has 0 aromatic heterocycles. The van der Waals surface area contributed by atoms with Gasteiger partial charge in [0, 0.05) is 24.5 Å². The predicted octanol–water partition coefficient (Wildman–Crippen LogP) is 2.73. The lowest BCUT2D eigenvalue weighted by Gasteiger charge is -2.37. The second kappa shape index (κ2) is 9.82. The van der Waals surface area contributed by atoms with Crippen molar-refractivity contribution in [1.29, 1.82) is 0 Å². The van der Waals surface area contributed by atoms with Crippen molar-refractivity contribution in [1.82, 2.24) is 10.2 Å². The number of amides is 1. The summed E-state index contributed by atoms with van der Waals surface area (Å²) < 4.78 is 5.17. The van der Waals surface area contributed by atoms with Gasteiger partial charge in [-0.1, -0.05) is 0 Å². The Morgan fingerprint density at radius 1 is 0.955 bits per heavy atom. The molecule has 0 rings (SSSR count). The number of carbonyl (C=O) groups is 2. The summed E-state index contributed by atoms with van der Waals surface area (Å²) >= 11 is 0. The van der Waals surface area contributed by atoms with Gasteiger partial charge in [0.15, 0.2) is 0 Å². The molecule has 0 heterocycles. The molecule has 5 heteroatoms. The third kappa shape index (κ3) is 7.78. The van der Waals surface area contributed by atoms with E-state index in [4.69, 9.17) is 4.74 Å². The second-order valence-electron chi connectivity index (χ2n) is 6.89. The number of nitrogens with zero attached hydrogens (tertiary/aromatic N) is 1. The maximum atomic E-state index is 12.5. The van der Waals surface area contributed by atoms with E-state index in [9.17, 15) is 9.59 Å².